The maximum absolute atomic E-state index is 12.3. The lowest BCUT2D eigenvalue weighted by atomic mass is 10.1. The molecular formula is C16H13Cl2NO. The average molecular weight is 306 g/mol. The van der Waals surface area contributed by atoms with Gasteiger partial charge in [0.1, 0.15) is 0 Å². The zero-order valence-corrected chi connectivity index (χ0v) is 12.2. The van der Waals surface area contributed by atoms with Gasteiger partial charge in [0.05, 0.1) is 16.6 Å². The van der Waals surface area contributed by atoms with Crippen molar-refractivity contribution in [2.75, 3.05) is 0 Å². The van der Waals surface area contributed by atoms with Gasteiger partial charge >= 0.3 is 0 Å². The van der Waals surface area contributed by atoms with E-state index in [1.165, 1.54) is 11.1 Å². The molecule has 0 spiro atoms. The molecule has 1 aliphatic carbocycles. The summed E-state index contributed by atoms with van der Waals surface area (Å²) in [6.45, 7) is 0. The van der Waals surface area contributed by atoms with E-state index in [-0.39, 0.29) is 11.9 Å². The van der Waals surface area contributed by atoms with Crippen molar-refractivity contribution >= 4 is 29.1 Å². The Balaban J connectivity index is 1.81. The number of benzene rings is 2. The van der Waals surface area contributed by atoms with Gasteiger partial charge in [-0.05, 0) is 42.2 Å². The van der Waals surface area contributed by atoms with Gasteiger partial charge in [-0.2, -0.15) is 0 Å². The van der Waals surface area contributed by atoms with E-state index in [0.29, 0.717) is 15.6 Å². The van der Waals surface area contributed by atoms with Gasteiger partial charge in [0.15, 0.2) is 0 Å². The van der Waals surface area contributed by atoms with Crippen LogP contribution in [0.1, 0.15) is 33.9 Å². The highest BCUT2D eigenvalue weighted by molar-refractivity contribution is 6.36. The number of carbonyl (C=O) groups is 1. The molecule has 0 aliphatic heterocycles. The largest absolute Gasteiger partial charge is 0.345 e. The molecule has 2 nitrogen and oxygen atoms in total. The third-order valence-electron chi connectivity index (χ3n) is 3.61. The van der Waals surface area contributed by atoms with Crippen LogP contribution in [0.3, 0.4) is 0 Å². The van der Waals surface area contributed by atoms with Gasteiger partial charge in [-0.1, -0.05) is 47.5 Å². The topological polar surface area (TPSA) is 29.1 Å². The molecule has 0 saturated carbocycles. The van der Waals surface area contributed by atoms with Crippen molar-refractivity contribution in [2.45, 2.75) is 18.9 Å². The van der Waals surface area contributed by atoms with Crippen molar-refractivity contribution in [3.63, 3.8) is 0 Å². The van der Waals surface area contributed by atoms with Crippen LogP contribution in [0.25, 0.3) is 0 Å². The molecule has 20 heavy (non-hydrogen) atoms. The Morgan fingerprint density at radius 3 is 2.75 bits per heavy atom. The average Bonchev–Trinajstić information content (AvgIpc) is 2.82. The van der Waals surface area contributed by atoms with Gasteiger partial charge in [0.2, 0.25) is 0 Å². The van der Waals surface area contributed by atoms with Crippen LogP contribution < -0.4 is 5.32 Å². The highest BCUT2D eigenvalue weighted by Crippen LogP contribution is 2.31. The van der Waals surface area contributed by atoms with Crippen LogP contribution in [0.15, 0.2) is 42.5 Å². The zero-order chi connectivity index (χ0) is 14.1. The first kappa shape index (κ1) is 13.5. The fourth-order valence-electron chi connectivity index (χ4n) is 2.62. The quantitative estimate of drug-likeness (QED) is 0.875. The summed E-state index contributed by atoms with van der Waals surface area (Å²) < 4.78 is 0. The van der Waals surface area contributed by atoms with Crippen molar-refractivity contribution in [1.29, 1.82) is 0 Å². The van der Waals surface area contributed by atoms with Gasteiger partial charge < -0.3 is 5.32 Å². The molecular weight excluding hydrogens is 293 g/mol. The molecule has 1 atom stereocenters. The molecule has 3 rings (SSSR count). The summed E-state index contributed by atoms with van der Waals surface area (Å²) in [7, 11) is 0. The van der Waals surface area contributed by atoms with E-state index in [1.807, 2.05) is 12.1 Å². The third kappa shape index (κ3) is 2.54. The molecule has 0 bridgehead atoms. The standard InChI is InChI=1S/C16H13Cl2NO/c17-11-6-7-13(14(18)9-11)16(20)19-15-8-5-10-3-1-2-4-12(10)15/h1-4,6-7,9,15H,5,8H2,(H,19,20)/t15-/m1/s1. The van der Waals surface area contributed by atoms with Gasteiger partial charge in [-0.3, -0.25) is 4.79 Å². The molecule has 0 fully saturated rings. The van der Waals surface area contributed by atoms with E-state index in [4.69, 9.17) is 23.2 Å². The minimum absolute atomic E-state index is 0.0606. The summed E-state index contributed by atoms with van der Waals surface area (Å²) in [5, 5.41) is 3.95. The second-order valence-electron chi connectivity index (χ2n) is 4.89. The van der Waals surface area contributed by atoms with Crippen LogP contribution in [0, 0.1) is 0 Å². The van der Waals surface area contributed by atoms with Gasteiger partial charge in [0.25, 0.3) is 5.91 Å². The minimum atomic E-state index is -0.159. The number of rotatable bonds is 2. The lowest BCUT2D eigenvalue weighted by molar-refractivity contribution is 0.0937. The number of carbonyl (C=O) groups excluding carboxylic acids is 1. The van der Waals surface area contributed by atoms with Gasteiger partial charge in [0, 0.05) is 5.02 Å². The molecule has 0 aromatic heterocycles. The summed E-state index contributed by atoms with van der Waals surface area (Å²) in [5.74, 6) is -0.159. The molecule has 0 unspecified atom stereocenters. The van der Waals surface area contributed by atoms with Crippen LogP contribution in [0.4, 0.5) is 0 Å². The normalized spacial score (nSPS) is 16.8. The summed E-state index contributed by atoms with van der Waals surface area (Å²) in [6.07, 6.45) is 1.92. The minimum Gasteiger partial charge on any atom is -0.345 e. The lowest BCUT2D eigenvalue weighted by Crippen LogP contribution is -2.27. The van der Waals surface area contributed by atoms with E-state index in [2.05, 4.69) is 17.4 Å². The van der Waals surface area contributed by atoms with E-state index in [9.17, 15) is 4.79 Å². The fourth-order valence-corrected chi connectivity index (χ4v) is 3.11. The van der Waals surface area contributed by atoms with Crippen LogP contribution in [0.2, 0.25) is 10.0 Å². The molecule has 0 saturated heterocycles. The van der Waals surface area contributed by atoms with Gasteiger partial charge in [-0.25, -0.2) is 0 Å². The Morgan fingerprint density at radius 2 is 1.95 bits per heavy atom. The monoisotopic (exact) mass is 305 g/mol. The molecule has 0 radical (unpaired) electrons. The Hall–Kier alpha value is -1.51. The van der Waals surface area contributed by atoms with E-state index in [0.717, 1.165) is 12.8 Å². The van der Waals surface area contributed by atoms with Crippen LogP contribution >= 0.6 is 23.2 Å². The number of amides is 1. The lowest BCUT2D eigenvalue weighted by Gasteiger charge is -2.14. The Kier molecular flexibility index (Phi) is 3.68. The smallest absolute Gasteiger partial charge is 0.253 e. The third-order valence-corrected chi connectivity index (χ3v) is 4.16. The fraction of sp³-hybridized carbons (Fsp3) is 0.188. The van der Waals surface area contributed by atoms with Crippen molar-refractivity contribution in [3.05, 3.63) is 69.2 Å². The summed E-state index contributed by atoms with van der Waals surface area (Å²) in [6, 6.07) is 13.2. The molecule has 2 aromatic rings. The first-order valence-electron chi connectivity index (χ1n) is 6.49. The zero-order valence-electron chi connectivity index (χ0n) is 10.7. The molecule has 1 aliphatic rings. The predicted molar refractivity (Wildman–Crippen MR) is 81.4 cm³/mol. The molecule has 1 N–H and O–H groups in total. The van der Waals surface area contributed by atoms with Crippen LogP contribution in [-0.2, 0) is 6.42 Å². The van der Waals surface area contributed by atoms with Crippen LogP contribution in [-0.4, -0.2) is 5.91 Å². The van der Waals surface area contributed by atoms with E-state index in [1.54, 1.807) is 18.2 Å². The van der Waals surface area contributed by atoms with E-state index >= 15 is 0 Å². The molecule has 2 aromatic carbocycles. The molecule has 102 valence electrons. The van der Waals surface area contributed by atoms with Crippen molar-refractivity contribution in [3.8, 4) is 0 Å². The summed E-state index contributed by atoms with van der Waals surface area (Å²) in [4.78, 5) is 12.3. The number of nitrogens with one attached hydrogen (secondary N) is 1. The highest BCUT2D eigenvalue weighted by atomic mass is 35.5. The number of hydrogen-bond acceptors (Lipinski definition) is 1. The Morgan fingerprint density at radius 1 is 1.15 bits per heavy atom. The maximum Gasteiger partial charge on any atom is 0.253 e. The number of fused-ring (bicyclic) bond motifs is 1. The molecule has 1 amide bonds. The number of halogens is 2. The Bertz CT molecular complexity index is 669. The van der Waals surface area contributed by atoms with Crippen LogP contribution in [0.5, 0.6) is 0 Å². The first-order chi connectivity index (χ1) is 9.65. The molecule has 0 heterocycles. The number of aryl methyl sites for hydroxylation is 1. The number of hydrogen-bond donors (Lipinski definition) is 1. The Labute approximate surface area is 127 Å². The summed E-state index contributed by atoms with van der Waals surface area (Å²) in [5.41, 5.74) is 2.96. The van der Waals surface area contributed by atoms with Crippen molar-refractivity contribution < 1.29 is 4.79 Å². The predicted octanol–water partition coefficient (Wildman–Crippen LogP) is 4.41. The SMILES string of the molecule is O=C(N[C@@H]1CCc2ccccc21)c1ccc(Cl)cc1Cl. The highest BCUT2D eigenvalue weighted by Gasteiger charge is 2.24. The first-order valence-corrected chi connectivity index (χ1v) is 7.24. The molecule has 4 heteroatoms. The maximum atomic E-state index is 12.3. The van der Waals surface area contributed by atoms with Crippen molar-refractivity contribution in [1.82, 2.24) is 5.32 Å². The second kappa shape index (κ2) is 5.47. The van der Waals surface area contributed by atoms with Gasteiger partial charge in [-0.15, -0.1) is 0 Å². The van der Waals surface area contributed by atoms with Crippen molar-refractivity contribution in [2.24, 2.45) is 0 Å². The summed E-state index contributed by atoms with van der Waals surface area (Å²) >= 11 is 11.9. The second-order valence-corrected chi connectivity index (χ2v) is 5.73. The van der Waals surface area contributed by atoms with E-state index < -0.39 is 0 Å².